The standard InChI is InChI=1S/C38H35N3O9S2/c1-3-48-26-15-19(7-14-25(26)50-17-27(43)39-20-8-12-22(42)13-9-20)28-29-23-16-24(32(29)51-34-33(28)52-38(47)40-34)31-30(23)35(44)41(36(31)45)21-10-5-18(6-11-21)37(46)49-4-2/h5-15,23-24,28-32,42H,3-4,16-17H2,1-2H3,(H,39,43)(H,40,47)/t23-,24-,28+,29-,30+,31+,32-/m1/s1. The largest absolute Gasteiger partial charge is 0.508 e. The fraction of sp³-hybridized carbons (Fsp3) is 0.342. The van der Waals surface area contributed by atoms with Crippen molar-refractivity contribution in [3.8, 4) is 17.2 Å². The lowest BCUT2D eigenvalue weighted by Crippen LogP contribution is -2.42. The van der Waals surface area contributed by atoms with Crippen molar-refractivity contribution in [2.75, 3.05) is 30.0 Å². The number of ether oxygens (including phenoxy) is 3. The van der Waals surface area contributed by atoms with E-state index in [1.165, 1.54) is 28.4 Å². The predicted molar refractivity (Wildman–Crippen MR) is 193 cm³/mol. The van der Waals surface area contributed by atoms with Crippen molar-refractivity contribution in [1.82, 2.24) is 4.98 Å². The van der Waals surface area contributed by atoms with Crippen LogP contribution in [0.5, 0.6) is 17.2 Å². The number of rotatable bonds is 10. The van der Waals surface area contributed by atoms with Crippen LogP contribution in [0.3, 0.4) is 0 Å². The van der Waals surface area contributed by atoms with E-state index in [0.29, 0.717) is 35.0 Å². The summed E-state index contributed by atoms with van der Waals surface area (Å²) in [5.41, 5.74) is 2.18. The van der Waals surface area contributed by atoms with Crippen molar-refractivity contribution in [3.63, 3.8) is 0 Å². The SMILES string of the molecule is CCOC(=O)c1ccc(N2C(=O)[C@H]3[C@H]4C[C@@H]([C@@H]3C2=O)[C@@H]2[C@H](c3ccc(OCC(=O)Nc5ccc(O)cc5)c(OCC)c3)c3sc(=O)[nH]c3S[C@H]42)cc1. The van der Waals surface area contributed by atoms with Gasteiger partial charge < -0.3 is 29.6 Å². The number of benzene rings is 3. The second-order valence-corrected chi connectivity index (χ2v) is 15.5. The molecule has 3 heterocycles. The third-order valence-corrected chi connectivity index (χ3v) is 13.1. The van der Waals surface area contributed by atoms with Gasteiger partial charge in [-0.15, -0.1) is 11.8 Å². The van der Waals surface area contributed by atoms with E-state index in [0.717, 1.165) is 21.9 Å². The summed E-state index contributed by atoms with van der Waals surface area (Å²) in [4.78, 5) is 70.9. The Kier molecular flexibility index (Phi) is 8.82. The minimum atomic E-state index is -0.496. The topological polar surface area (TPSA) is 164 Å². The van der Waals surface area contributed by atoms with E-state index < -0.39 is 17.8 Å². The highest BCUT2D eigenvalue weighted by atomic mass is 32.2. The van der Waals surface area contributed by atoms with Crippen LogP contribution in [0.25, 0.3) is 0 Å². The highest BCUT2D eigenvalue weighted by molar-refractivity contribution is 8.00. The predicted octanol–water partition coefficient (Wildman–Crippen LogP) is 5.41. The summed E-state index contributed by atoms with van der Waals surface area (Å²) in [7, 11) is 0. The Balaban J connectivity index is 1.08. The molecule has 4 aromatic rings. The summed E-state index contributed by atoms with van der Waals surface area (Å²) in [5, 5.41) is 13.0. The molecule has 1 aromatic heterocycles. The zero-order valence-electron chi connectivity index (χ0n) is 28.2. The molecule has 2 aliphatic carbocycles. The number of hydrogen-bond acceptors (Lipinski definition) is 11. The average molecular weight is 742 g/mol. The fourth-order valence-corrected chi connectivity index (χ4v) is 11.5. The van der Waals surface area contributed by atoms with E-state index in [1.807, 2.05) is 19.1 Å². The minimum absolute atomic E-state index is 0.00745. The van der Waals surface area contributed by atoms with Crippen LogP contribution in [0.2, 0.25) is 0 Å². The lowest BCUT2D eigenvalue weighted by Gasteiger charge is -2.43. The van der Waals surface area contributed by atoms with Crippen LogP contribution in [-0.4, -0.2) is 58.9 Å². The lowest BCUT2D eigenvalue weighted by molar-refractivity contribution is -0.123. The molecular weight excluding hydrogens is 707 g/mol. The summed E-state index contributed by atoms with van der Waals surface area (Å²) in [6.45, 7) is 3.89. The first kappa shape index (κ1) is 34.0. The van der Waals surface area contributed by atoms with E-state index >= 15 is 0 Å². The van der Waals surface area contributed by atoms with Gasteiger partial charge in [0.2, 0.25) is 11.8 Å². The molecule has 3 fully saturated rings. The number of nitrogens with one attached hydrogen (secondary N) is 2. The zero-order valence-corrected chi connectivity index (χ0v) is 29.8. The Bertz CT molecular complexity index is 2130. The Morgan fingerprint density at radius 2 is 1.63 bits per heavy atom. The second kappa shape index (κ2) is 13.5. The highest BCUT2D eigenvalue weighted by Crippen LogP contribution is 2.68. The van der Waals surface area contributed by atoms with Crippen LogP contribution < -0.4 is 24.6 Å². The summed E-state index contributed by atoms with van der Waals surface area (Å²) < 4.78 is 17.0. The number of esters is 1. The van der Waals surface area contributed by atoms with Gasteiger partial charge in [-0.05, 0) is 104 Å². The molecule has 7 atom stereocenters. The van der Waals surface area contributed by atoms with Crippen molar-refractivity contribution in [3.05, 3.63) is 92.4 Å². The van der Waals surface area contributed by atoms with Gasteiger partial charge in [0.15, 0.2) is 18.1 Å². The first-order valence-electron chi connectivity index (χ1n) is 17.2. The molecule has 3 amide bonds. The van der Waals surface area contributed by atoms with Crippen LogP contribution in [0, 0.1) is 29.6 Å². The summed E-state index contributed by atoms with van der Waals surface area (Å²) >= 11 is 2.77. The van der Waals surface area contributed by atoms with Crippen LogP contribution in [-0.2, 0) is 19.1 Å². The number of thiazole rings is 1. The first-order chi connectivity index (χ1) is 25.2. The van der Waals surface area contributed by atoms with Crippen LogP contribution in [0.1, 0.15) is 47.0 Å². The number of carbonyl (C=O) groups is 4. The zero-order chi connectivity index (χ0) is 36.3. The van der Waals surface area contributed by atoms with E-state index in [1.54, 1.807) is 61.2 Å². The Labute approximate surface area is 306 Å². The number of phenolic OH excluding ortho intramolecular Hbond substituents is 1. The molecule has 268 valence electrons. The van der Waals surface area contributed by atoms with Gasteiger partial charge in [0.05, 0.1) is 41.3 Å². The number of amides is 3. The molecule has 52 heavy (non-hydrogen) atoms. The maximum Gasteiger partial charge on any atom is 0.338 e. The molecule has 14 heteroatoms. The molecular formula is C38H35N3O9S2. The van der Waals surface area contributed by atoms with Gasteiger partial charge in [0.25, 0.3) is 5.91 Å². The Hall–Kier alpha value is -5.08. The van der Waals surface area contributed by atoms with Gasteiger partial charge in [0, 0.05) is 21.7 Å². The number of aromatic amines is 1. The first-order valence-corrected chi connectivity index (χ1v) is 18.9. The number of phenols is 1. The second-order valence-electron chi connectivity index (χ2n) is 13.3. The number of imide groups is 1. The Morgan fingerprint density at radius 3 is 2.35 bits per heavy atom. The summed E-state index contributed by atoms with van der Waals surface area (Å²) in [6.07, 6.45) is 0.732. The molecule has 0 radical (unpaired) electrons. The average Bonchev–Trinajstić information content (AvgIpc) is 3.87. The lowest BCUT2D eigenvalue weighted by atomic mass is 9.68. The molecule has 3 aromatic carbocycles. The molecule has 2 saturated carbocycles. The molecule has 8 rings (SSSR count). The van der Waals surface area contributed by atoms with Crippen molar-refractivity contribution in [2.24, 2.45) is 29.6 Å². The van der Waals surface area contributed by atoms with E-state index in [-0.39, 0.29) is 70.5 Å². The number of aromatic hydroxyl groups is 1. The third-order valence-electron chi connectivity index (χ3n) is 10.5. The molecule has 2 bridgehead atoms. The van der Waals surface area contributed by atoms with Gasteiger partial charge in [-0.2, -0.15) is 0 Å². The fourth-order valence-electron chi connectivity index (χ4n) is 8.60. The molecule has 1 saturated heterocycles. The van der Waals surface area contributed by atoms with Gasteiger partial charge in [-0.25, -0.2) is 4.79 Å². The maximum absolute atomic E-state index is 14.2. The summed E-state index contributed by atoms with van der Waals surface area (Å²) in [6, 6.07) is 18.1. The van der Waals surface area contributed by atoms with E-state index in [9.17, 15) is 29.1 Å². The minimum Gasteiger partial charge on any atom is -0.508 e. The summed E-state index contributed by atoms with van der Waals surface area (Å²) in [5.74, 6) is -1.79. The van der Waals surface area contributed by atoms with E-state index in [2.05, 4.69) is 10.3 Å². The highest BCUT2D eigenvalue weighted by Gasteiger charge is 2.69. The van der Waals surface area contributed by atoms with Gasteiger partial charge in [-0.3, -0.25) is 24.1 Å². The normalized spacial score (nSPS) is 25.3. The van der Waals surface area contributed by atoms with Gasteiger partial charge in [0.1, 0.15) is 5.75 Å². The maximum atomic E-state index is 14.2. The van der Waals surface area contributed by atoms with Gasteiger partial charge in [-0.1, -0.05) is 17.4 Å². The quantitative estimate of drug-likeness (QED) is 0.109. The van der Waals surface area contributed by atoms with Gasteiger partial charge >= 0.3 is 10.8 Å². The van der Waals surface area contributed by atoms with Crippen molar-refractivity contribution < 1.29 is 38.5 Å². The van der Waals surface area contributed by atoms with Crippen molar-refractivity contribution >= 4 is 58.2 Å². The number of fused-ring (bicyclic) bond motifs is 9. The molecule has 0 unspecified atom stereocenters. The van der Waals surface area contributed by atoms with E-state index in [4.69, 9.17) is 14.2 Å². The molecule has 4 aliphatic rings. The number of nitrogens with zero attached hydrogens (tertiary/aromatic N) is 1. The molecule has 3 N–H and O–H groups in total. The Morgan fingerprint density at radius 1 is 0.904 bits per heavy atom. The smallest absolute Gasteiger partial charge is 0.338 e. The molecule has 0 spiro atoms. The monoisotopic (exact) mass is 741 g/mol. The molecule has 2 aliphatic heterocycles. The molecule has 12 nitrogen and oxygen atoms in total. The van der Waals surface area contributed by atoms with Crippen molar-refractivity contribution in [1.29, 1.82) is 0 Å². The number of thioether (sulfide) groups is 1. The third kappa shape index (κ3) is 5.73. The number of aromatic nitrogens is 1. The number of hydrogen-bond donors (Lipinski definition) is 3. The van der Waals surface area contributed by atoms with Crippen LogP contribution in [0.15, 0.2) is 76.6 Å². The number of anilines is 2. The van der Waals surface area contributed by atoms with Crippen molar-refractivity contribution in [2.45, 2.75) is 36.5 Å². The van der Waals surface area contributed by atoms with Crippen LogP contribution in [0.4, 0.5) is 11.4 Å². The number of carbonyl (C=O) groups excluding carboxylic acids is 4. The number of H-pyrrole nitrogens is 1. The van der Waals surface area contributed by atoms with Crippen LogP contribution >= 0.6 is 23.1 Å².